The van der Waals surface area contributed by atoms with Crippen LogP contribution in [0.25, 0.3) is 0 Å². The second kappa shape index (κ2) is 6.90. The lowest BCUT2D eigenvalue weighted by molar-refractivity contribution is -0.123. The fraction of sp³-hybridized carbons (Fsp3) is 0.667. The Morgan fingerprint density at radius 1 is 1.60 bits per heavy atom. The first-order valence-electron chi connectivity index (χ1n) is 7.29. The van der Waals surface area contributed by atoms with Gasteiger partial charge in [-0.05, 0) is 51.3 Å². The number of carbonyl (C=O) groups excluding carboxylic acids is 1. The molecule has 0 bridgehead atoms. The second-order valence-electron chi connectivity index (χ2n) is 5.68. The van der Waals surface area contributed by atoms with Crippen molar-refractivity contribution in [2.45, 2.75) is 38.8 Å². The first kappa shape index (κ1) is 15.1. The van der Waals surface area contributed by atoms with Crippen LogP contribution in [0.15, 0.2) is 22.8 Å². The van der Waals surface area contributed by atoms with Crippen molar-refractivity contribution in [3.05, 3.63) is 24.2 Å². The third-order valence-electron chi connectivity index (χ3n) is 3.94. The van der Waals surface area contributed by atoms with Crippen LogP contribution < -0.4 is 5.32 Å². The average molecular weight is 280 g/mol. The van der Waals surface area contributed by atoms with Crippen LogP contribution in [0.5, 0.6) is 0 Å². The molecule has 1 aliphatic heterocycles. The summed E-state index contributed by atoms with van der Waals surface area (Å²) in [6.45, 7) is 5.83. The summed E-state index contributed by atoms with van der Waals surface area (Å²) in [5.74, 6) is 1.04. The van der Waals surface area contributed by atoms with Crippen LogP contribution in [0.4, 0.5) is 0 Å². The van der Waals surface area contributed by atoms with E-state index in [2.05, 4.69) is 10.2 Å². The van der Waals surface area contributed by atoms with Crippen LogP contribution in [-0.4, -0.2) is 41.7 Å². The maximum atomic E-state index is 12.0. The van der Waals surface area contributed by atoms with Crippen LogP contribution in [0.1, 0.15) is 38.5 Å². The summed E-state index contributed by atoms with van der Waals surface area (Å²) in [6, 6.07) is 3.56. The van der Waals surface area contributed by atoms with Gasteiger partial charge in [0.2, 0.25) is 5.91 Å². The number of aliphatic hydroxyl groups excluding tert-OH is 1. The standard InChI is InChI=1S/C15H24N2O3/c1-11(14-6-4-8-20-14)16-15(19)10-17-7-3-5-13(9-17)12(2)18/h4,6,8,11-13,18H,3,5,7,9-10H2,1-2H3,(H,16,19). The lowest BCUT2D eigenvalue weighted by Crippen LogP contribution is -2.45. The van der Waals surface area contributed by atoms with Gasteiger partial charge >= 0.3 is 0 Å². The molecule has 2 heterocycles. The SMILES string of the molecule is CC(NC(=O)CN1CCCC(C(C)O)C1)c1ccco1. The predicted molar refractivity (Wildman–Crippen MR) is 76.1 cm³/mol. The van der Waals surface area contributed by atoms with Gasteiger partial charge in [0.1, 0.15) is 5.76 Å². The van der Waals surface area contributed by atoms with E-state index >= 15 is 0 Å². The quantitative estimate of drug-likeness (QED) is 0.859. The molecule has 1 aliphatic rings. The zero-order chi connectivity index (χ0) is 14.5. The van der Waals surface area contributed by atoms with Crippen molar-refractivity contribution < 1.29 is 14.3 Å². The number of furan rings is 1. The summed E-state index contributed by atoms with van der Waals surface area (Å²) in [5, 5.41) is 12.6. The van der Waals surface area contributed by atoms with E-state index in [-0.39, 0.29) is 24.0 Å². The third kappa shape index (κ3) is 4.08. The van der Waals surface area contributed by atoms with Gasteiger partial charge in [-0.3, -0.25) is 9.69 Å². The van der Waals surface area contributed by atoms with Gasteiger partial charge in [0, 0.05) is 6.54 Å². The molecule has 3 atom stereocenters. The van der Waals surface area contributed by atoms with Gasteiger partial charge in [-0.15, -0.1) is 0 Å². The molecule has 0 aliphatic carbocycles. The normalized spacial score (nSPS) is 23.2. The van der Waals surface area contributed by atoms with Gasteiger partial charge in [-0.1, -0.05) is 0 Å². The van der Waals surface area contributed by atoms with Crippen molar-refractivity contribution in [2.24, 2.45) is 5.92 Å². The summed E-state index contributed by atoms with van der Waals surface area (Å²) >= 11 is 0. The largest absolute Gasteiger partial charge is 0.467 e. The van der Waals surface area contributed by atoms with Gasteiger partial charge < -0.3 is 14.8 Å². The van der Waals surface area contributed by atoms with Crippen LogP contribution >= 0.6 is 0 Å². The summed E-state index contributed by atoms with van der Waals surface area (Å²) in [4.78, 5) is 14.2. The Labute approximate surface area is 119 Å². The van der Waals surface area contributed by atoms with Crippen LogP contribution in [0.2, 0.25) is 0 Å². The van der Waals surface area contributed by atoms with Crippen molar-refractivity contribution in [3.63, 3.8) is 0 Å². The summed E-state index contributed by atoms with van der Waals surface area (Å²) < 4.78 is 5.27. The molecule has 0 spiro atoms. The number of hydrogen-bond donors (Lipinski definition) is 2. The molecule has 20 heavy (non-hydrogen) atoms. The molecule has 5 nitrogen and oxygen atoms in total. The summed E-state index contributed by atoms with van der Waals surface area (Å²) in [6.07, 6.45) is 3.38. The summed E-state index contributed by atoms with van der Waals surface area (Å²) in [5.41, 5.74) is 0. The zero-order valence-electron chi connectivity index (χ0n) is 12.2. The molecule has 2 N–H and O–H groups in total. The number of aliphatic hydroxyl groups is 1. The van der Waals surface area contributed by atoms with Gasteiger partial charge in [0.05, 0.1) is 25.0 Å². The van der Waals surface area contributed by atoms with E-state index in [0.29, 0.717) is 6.54 Å². The van der Waals surface area contributed by atoms with Crippen LogP contribution in [-0.2, 0) is 4.79 Å². The van der Waals surface area contributed by atoms with E-state index in [1.54, 1.807) is 6.26 Å². The Bertz CT molecular complexity index is 417. The van der Waals surface area contributed by atoms with Crippen molar-refractivity contribution in [2.75, 3.05) is 19.6 Å². The number of hydrogen-bond acceptors (Lipinski definition) is 4. The number of carbonyl (C=O) groups is 1. The van der Waals surface area contributed by atoms with Crippen LogP contribution in [0, 0.1) is 5.92 Å². The molecular formula is C15H24N2O3. The minimum atomic E-state index is -0.303. The number of nitrogens with one attached hydrogen (secondary N) is 1. The summed E-state index contributed by atoms with van der Waals surface area (Å²) in [7, 11) is 0. The molecule has 1 fully saturated rings. The van der Waals surface area contributed by atoms with E-state index in [9.17, 15) is 9.90 Å². The molecule has 3 unspecified atom stereocenters. The van der Waals surface area contributed by atoms with Crippen molar-refractivity contribution in [3.8, 4) is 0 Å². The highest BCUT2D eigenvalue weighted by Gasteiger charge is 2.25. The molecule has 2 rings (SSSR count). The molecule has 0 radical (unpaired) electrons. The molecule has 112 valence electrons. The van der Waals surface area contributed by atoms with Gasteiger partial charge in [0.25, 0.3) is 0 Å². The highest BCUT2D eigenvalue weighted by molar-refractivity contribution is 5.78. The van der Waals surface area contributed by atoms with E-state index in [4.69, 9.17) is 4.42 Å². The van der Waals surface area contributed by atoms with E-state index in [1.807, 2.05) is 26.0 Å². The maximum Gasteiger partial charge on any atom is 0.234 e. The van der Waals surface area contributed by atoms with E-state index < -0.39 is 0 Å². The highest BCUT2D eigenvalue weighted by Crippen LogP contribution is 2.19. The fourth-order valence-corrected chi connectivity index (χ4v) is 2.73. The molecule has 0 saturated carbocycles. The third-order valence-corrected chi connectivity index (χ3v) is 3.94. The lowest BCUT2D eigenvalue weighted by atomic mass is 9.93. The Balaban J connectivity index is 1.79. The molecule has 1 amide bonds. The van der Waals surface area contributed by atoms with E-state index in [1.165, 1.54) is 0 Å². The number of likely N-dealkylation sites (tertiary alicyclic amines) is 1. The van der Waals surface area contributed by atoms with Gasteiger partial charge in [-0.2, -0.15) is 0 Å². The molecular weight excluding hydrogens is 256 g/mol. The van der Waals surface area contributed by atoms with E-state index in [0.717, 1.165) is 31.7 Å². The molecule has 0 aromatic carbocycles. The molecule has 1 aromatic heterocycles. The average Bonchev–Trinajstić information content (AvgIpc) is 2.92. The second-order valence-corrected chi connectivity index (χ2v) is 5.68. The first-order valence-corrected chi connectivity index (χ1v) is 7.29. The molecule has 1 aromatic rings. The van der Waals surface area contributed by atoms with Crippen molar-refractivity contribution in [1.82, 2.24) is 10.2 Å². The highest BCUT2D eigenvalue weighted by atomic mass is 16.3. The number of piperidine rings is 1. The minimum absolute atomic E-state index is 0.000132. The Hall–Kier alpha value is -1.33. The predicted octanol–water partition coefficient (Wildman–Crippen LogP) is 1.55. The van der Waals surface area contributed by atoms with Gasteiger partial charge in [0.15, 0.2) is 0 Å². The Kier molecular flexibility index (Phi) is 5.20. The monoisotopic (exact) mass is 280 g/mol. The Morgan fingerprint density at radius 2 is 2.40 bits per heavy atom. The van der Waals surface area contributed by atoms with Gasteiger partial charge in [-0.25, -0.2) is 0 Å². The number of amides is 1. The smallest absolute Gasteiger partial charge is 0.234 e. The zero-order valence-corrected chi connectivity index (χ0v) is 12.2. The Morgan fingerprint density at radius 3 is 3.05 bits per heavy atom. The number of rotatable bonds is 5. The lowest BCUT2D eigenvalue weighted by Gasteiger charge is -2.33. The topological polar surface area (TPSA) is 65.7 Å². The minimum Gasteiger partial charge on any atom is -0.467 e. The molecule has 1 saturated heterocycles. The number of nitrogens with zero attached hydrogens (tertiary/aromatic N) is 1. The fourth-order valence-electron chi connectivity index (χ4n) is 2.73. The first-order chi connectivity index (χ1) is 9.56. The van der Waals surface area contributed by atoms with Crippen molar-refractivity contribution in [1.29, 1.82) is 0 Å². The molecule has 5 heteroatoms. The maximum absolute atomic E-state index is 12.0. The van der Waals surface area contributed by atoms with Crippen LogP contribution in [0.3, 0.4) is 0 Å². The van der Waals surface area contributed by atoms with Crippen molar-refractivity contribution >= 4 is 5.91 Å².